The standard InChI is InChI=1S/C21H20O2S2/c1-25-21-12-8-17(9-13-21)7-11-20(23)14-19(22)10-6-16-2-4-18(15-24)5-3-16/h2-13,24H,14-15H2,1H3/b10-6+,11-7+. The third-order valence-corrected chi connectivity index (χ3v) is 4.66. The van der Waals surface area contributed by atoms with Crippen LogP contribution in [0.15, 0.2) is 65.6 Å². The van der Waals surface area contributed by atoms with E-state index in [2.05, 4.69) is 12.6 Å². The Hall–Kier alpha value is -2.04. The highest BCUT2D eigenvalue weighted by atomic mass is 32.2. The van der Waals surface area contributed by atoms with Gasteiger partial charge in [-0.3, -0.25) is 9.59 Å². The van der Waals surface area contributed by atoms with E-state index in [-0.39, 0.29) is 18.0 Å². The third-order valence-electron chi connectivity index (χ3n) is 3.55. The van der Waals surface area contributed by atoms with Gasteiger partial charge in [0.25, 0.3) is 0 Å². The lowest BCUT2D eigenvalue weighted by atomic mass is 10.1. The number of hydrogen-bond acceptors (Lipinski definition) is 4. The minimum atomic E-state index is -0.203. The number of hydrogen-bond donors (Lipinski definition) is 1. The molecule has 128 valence electrons. The van der Waals surface area contributed by atoms with Gasteiger partial charge in [-0.2, -0.15) is 12.6 Å². The van der Waals surface area contributed by atoms with E-state index < -0.39 is 0 Å². The first-order valence-electron chi connectivity index (χ1n) is 7.86. The van der Waals surface area contributed by atoms with Crippen LogP contribution in [0.4, 0.5) is 0 Å². The van der Waals surface area contributed by atoms with Gasteiger partial charge < -0.3 is 0 Å². The number of allylic oxidation sites excluding steroid dienone is 2. The van der Waals surface area contributed by atoms with Crippen LogP contribution in [0, 0.1) is 0 Å². The monoisotopic (exact) mass is 368 g/mol. The van der Waals surface area contributed by atoms with Crippen molar-refractivity contribution in [3.63, 3.8) is 0 Å². The van der Waals surface area contributed by atoms with Crippen molar-refractivity contribution >= 4 is 48.1 Å². The number of rotatable bonds is 8. The molecule has 0 saturated heterocycles. The normalized spacial score (nSPS) is 11.3. The molecule has 0 aliphatic rings. The number of benzene rings is 2. The summed E-state index contributed by atoms with van der Waals surface area (Å²) in [6.45, 7) is 0. The molecule has 0 aromatic heterocycles. The Kier molecular flexibility index (Phi) is 7.76. The first kappa shape index (κ1) is 19.3. The Bertz CT molecular complexity index is 705. The summed E-state index contributed by atoms with van der Waals surface area (Å²) in [6, 6.07) is 15.7. The van der Waals surface area contributed by atoms with E-state index in [1.807, 2.05) is 54.8 Å². The molecule has 0 amide bonds. The van der Waals surface area contributed by atoms with Gasteiger partial charge >= 0.3 is 0 Å². The molecule has 0 spiro atoms. The molecule has 0 unspecified atom stereocenters. The summed E-state index contributed by atoms with van der Waals surface area (Å²) < 4.78 is 0. The fraction of sp³-hybridized carbons (Fsp3) is 0.143. The highest BCUT2D eigenvalue weighted by molar-refractivity contribution is 7.98. The van der Waals surface area contributed by atoms with E-state index in [0.29, 0.717) is 5.75 Å². The molecule has 0 fully saturated rings. The molecule has 2 aromatic carbocycles. The number of thioether (sulfide) groups is 1. The Morgan fingerprint density at radius 1 is 0.880 bits per heavy atom. The van der Waals surface area contributed by atoms with Crippen molar-refractivity contribution in [2.45, 2.75) is 17.1 Å². The van der Waals surface area contributed by atoms with Crippen molar-refractivity contribution < 1.29 is 9.59 Å². The Labute approximate surface area is 158 Å². The van der Waals surface area contributed by atoms with Crippen molar-refractivity contribution in [2.75, 3.05) is 6.26 Å². The largest absolute Gasteiger partial charge is 0.294 e. The highest BCUT2D eigenvalue weighted by Gasteiger charge is 2.03. The quantitative estimate of drug-likeness (QED) is 0.305. The molecule has 0 saturated carbocycles. The van der Waals surface area contributed by atoms with Crippen LogP contribution in [0.5, 0.6) is 0 Å². The van der Waals surface area contributed by atoms with Gasteiger partial charge in [0.2, 0.25) is 0 Å². The minimum absolute atomic E-state index is 0.120. The van der Waals surface area contributed by atoms with E-state index in [4.69, 9.17) is 0 Å². The van der Waals surface area contributed by atoms with Crippen LogP contribution >= 0.6 is 24.4 Å². The van der Waals surface area contributed by atoms with Crippen LogP contribution in [0.3, 0.4) is 0 Å². The molecule has 0 atom stereocenters. The average molecular weight is 369 g/mol. The number of carbonyl (C=O) groups excluding carboxylic acids is 2. The second-order valence-electron chi connectivity index (χ2n) is 5.45. The SMILES string of the molecule is CSc1ccc(/C=C/C(=O)CC(=O)/C=C/c2ccc(CS)cc2)cc1. The van der Waals surface area contributed by atoms with Crippen LogP contribution in [-0.4, -0.2) is 17.8 Å². The third kappa shape index (κ3) is 6.77. The Morgan fingerprint density at radius 3 is 1.80 bits per heavy atom. The molecule has 25 heavy (non-hydrogen) atoms. The van der Waals surface area contributed by atoms with Crippen LogP contribution in [-0.2, 0) is 15.3 Å². The zero-order valence-corrected chi connectivity index (χ0v) is 15.7. The van der Waals surface area contributed by atoms with Crippen LogP contribution in [0.1, 0.15) is 23.1 Å². The second kappa shape index (κ2) is 10.1. The number of carbonyl (C=O) groups is 2. The van der Waals surface area contributed by atoms with Gasteiger partial charge in [-0.25, -0.2) is 0 Å². The van der Waals surface area contributed by atoms with Crippen molar-refractivity contribution in [3.05, 3.63) is 77.4 Å². The summed E-state index contributed by atoms with van der Waals surface area (Å²) >= 11 is 5.87. The average Bonchev–Trinajstić information content (AvgIpc) is 2.65. The number of ketones is 2. The van der Waals surface area contributed by atoms with Gasteiger partial charge in [-0.05, 0) is 47.2 Å². The maximum absolute atomic E-state index is 11.9. The van der Waals surface area contributed by atoms with Gasteiger partial charge in [0.05, 0.1) is 6.42 Å². The Morgan fingerprint density at radius 2 is 1.36 bits per heavy atom. The smallest absolute Gasteiger partial charge is 0.163 e. The molecule has 0 radical (unpaired) electrons. The van der Waals surface area contributed by atoms with E-state index in [1.54, 1.807) is 23.9 Å². The van der Waals surface area contributed by atoms with Gasteiger partial charge in [0.1, 0.15) is 0 Å². The highest BCUT2D eigenvalue weighted by Crippen LogP contribution is 2.15. The lowest BCUT2D eigenvalue weighted by Gasteiger charge is -1.97. The first-order chi connectivity index (χ1) is 12.1. The van der Waals surface area contributed by atoms with Gasteiger partial charge in [0.15, 0.2) is 11.6 Å². The predicted octanol–water partition coefficient (Wildman–Crippen LogP) is 5.09. The topological polar surface area (TPSA) is 34.1 Å². The van der Waals surface area contributed by atoms with Gasteiger partial charge in [0, 0.05) is 10.6 Å². The van der Waals surface area contributed by atoms with E-state index in [9.17, 15) is 9.59 Å². The molecular weight excluding hydrogens is 348 g/mol. The zero-order valence-electron chi connectivity index (χ0n) is 14.0. The van der Waals surface area contributed by atoms with E-state index >= 15 is 0 Å². The minimum Gasteiger partial charge on any atom is -0.294 e. The van der Waals surface area contributed by atoms with Crippen molar-refractivity contribution in [1.82, 2.24) is 0 Å². The molecule has 2 rings (SSSR count). The summed E-state index contributed by atoms with van der Waals surface area (Å²) in [5.41, 5.74) is 2.99. The Balaban J connectivity index is 1.86. The van der Waals surface area contributed by atoms with Crippen LogP contribution in [0.2, 0.25) is 0 Å². The van der Waals surface area contributed by atoms with E-state index in [1.165, 1.54) is 17.0 Å². The summed E-state index contributed by atoms with van der Waals surface area (Å²) in [4.78, 5) is 25.0. The zero-order chi connectivity index (χ0) is 18.1. The predicted molar refractivity (Wildman–Crippen MR) is 110 cm³/mol. The van der Waals surface area contributed by atoms with Gasteiger partial charge in [-0.15, -0.1) is 11.8 Å². The maximum Gasteiger partial charge on any atom is 0.163 e. The van der Waals surface area contributed by atoms with E-state index in [0.717, 1.165) is 16.7 Å². The molecule has 4 heteroatoms. The molecule has 0 heterocycles. The van der Waals surface area contributed by atoms with Crippen LogP contribution in [0.25, 0.3) is 12.2 Å². The first-order valence-corrected chi connectivity index (χ1v) is 9.72. The fourth-order valence-corrected chi connectivity index (χ4v) is 2.74. The molecule has 0 aliphatic carbocycles. The lowest BCUT2D eigenvalue weighted by molar-refractivity contribution is -0.121. The molecule has 2 nitrogen and oxygen atoms in total. The lowest BCUT2D eigenvalue weighted by Crippen LogP contribution is -2.01. The summed E-state index contributed by atoms with van der Waals surface area (Å²) in [5.74, 6) is 0.281. The molecule has 0 N–H and O–H groups in total. The fourth-order valence-electron chi connectivity index (χ4n) is 2.12. The van der Waals surface area contributed by atoms with Gasteiger partial charge in [-0.1, -0.05) is 48.6 Å². The summed E-state index contributed by atoms with van der Waals surface area (Å²) in [5, 5.41) is 0. The van der Waals surface area contributed by atoms with Crippen molar-refractivity contribution in [3.8, 4) is 0 Å². The van der Waals surface area contributed by atoms with Crippen molar-refractivity contribution in [1.29, 1.82) is 0 Å². The number of thiol groups is 1. The molecule has 2 aromatic rings. The molecular formula is C21H20O2S2. The maximum atomic E-state index is 11.9. The second-order valence-corrected chi connectivity index (χ2v) is 6.64. The molecule has 0 aliphatic heterocycles. The van der Waals surface area contributed by atoms with Crippen LogP contribution < -0.4 is 0 Å². The summed E-state index contributed by atoms with van der Waals surface area (Å²) in [6.07, 6.45) is 8.27. The molecule has 0 bridgehead atoms. The summed E-state index contributed by atoms with van der Waals surface area (Å²) in [7, 11) is 0. The van der Waals surface area contributed by atoms with Crippen molar-refractivity contribution in [2.24, 2.45) is 0 Å².